The molecule has 0 saturated carbocycles. The summed E-state index contributed by atoms with van der Waals surface area (Å²) in [7, 11) is 0. The minimum atomic E-state index is 0.282. The summed E-state index contributed by atoms with van der Waals surface area (Å²) in [5.74, 6) is 1.30. The van der Waals surface area contributed by atoms with Gasteiger partial charge >= 0.3 is 0 Å². The molecule has 0 radical (unpaired) electrons. The van der Waals surface area contributed by atoms with E-state index in [4.69, 9.17) is 4.74 Å². The van der Waals surface area contributed by atoms with E-state index in [2.05, 4.69) is 27.4 Å². The number of ether oxygens (including phenoxy) is 1. The van der Waals surface area contributed by atoms with Crippen LogP contribution in [0.25, 0.3) is 0 Å². The van der Waals surface area contributed by atoms with E-state index in [1.165, 1.54) is 0 Å². The van der Waals surface area contributed by atoms with E-state index in [1.807, 2.05) is 6.08 Å². The van der Waals surface area contributed by atoms with Crippen LogP contribution in [0, 0.1) is 11.8 Å². The maximum Gasteiger partial charge on any atom is 0.0785 e. The molecule has 1 heterocycles. The Bertz CT molecular complexity index is 131. The number of hydrogen-bond donors (Lipinski definition) is 0. The number of hydrogen-bond acceptors (Lipinski definition) is 1. The first-order chi connectivity index (χ1) is 4.66. The second-order valence-corrected chi connectivity index (χ2v) is 3.26. The highest BCUT2D eigenvalue weighted by molar-refractivity contribution is 4.93. The van der Waals surface area contributed by atoms with E-state index in [9.17, 15) is 0 Å². The summed E-state index contributed by atoms with van der Waals surface area (Å²) in [4.78, 5) is 0. The second-order valence-electron chi connectivity index (χ2n) is 3.26. The molecule has 0 amide bonds. The van der Waals surface area contributed by atoms with Crippen molar-refractivity contribution in [2.45, 2.75) is 33.0 Å². The standard InChI is InChI=1S/C9H16O/c1-5-9-7(3)6(2)8(4)10-9/h5-9H,1H2,2-4H3. The molecule has 0 aromatic carbocycles. The Hall–Kier alpha value is -0.300. The van der Waals surface area contributed by atoms with Gasteiger partial charge in [-0.3, -0.25) is 0 Å². The van der Waals surface area contributed by atoms with Crippen LogP contribution in [0.15, 0.2) is 12.7 Å². The average Bonchev–Trinajstić information content (AvgIpc) is 2.17. The fourth-order valence-corrected chi connectivity index (χ4v) is 1.49. The van der Waals surface area contributed by atoms with Crippen molar-refractivity contribution in [1.82, 2.24) is 0 Å². The molecular formula is C9H16O. The van der Waals surface area contributed by atoms with Gasteiger partial charge in [0.05, 0.1) is 12.2 Å². The van der Waals surface area contributed by atoms with E-state index < -0.39 is 0 Å². The van der Waals surface area contributed by atoms with Gasteiger partial charge in [0.25, 0.3) is 0 Å². The monoisotopic (exact) mass is 140 g/mol. The SMILES string of the molecule is C=CC1OC(C)C(C)C1C. The van der Waals surface area contributed by atoms with Crippen LogP contribution in [0.4, 0.5) is 0 Å². The summed E-state index contributed by atoms with van der Waals surface area (Å²) in [6.07, 6.45) is 2.59. The molecule has 58 valence electrons. The molecule has 0 spiro atoms. The van der Waals surface area contributed by atoms with Crippen LogP contribution < -0.4 is 0 Å². The van der Waals surface area contributed by atoms with Crippen LogP contribution in [-0.4, -0.2) is 12.2 Å². The van der Waals surface area contributed by atoms with Gasteiger partial charge in [0.1, 0.15) is 0 Å². The van der Waals surface area contributed by atoms with Crippen molar-refractivity contribution in [3.63, 3.8) is 0 Å². The third-order valence-electron chi connectivity index (χ3n) is 2.69. The molecule has 1 aliphatic heterocycles. The van der Waals surface area contributed by atoms with E-state index in [0.717, 1.165) is 0 Å². The lowest BCUT2D eigenvalue weighted by molar-refractivity contribution is 0.0684. The highest BCUT2D eigenvalue weighted by Crippen LogP contribution is 2.31. The minimum absolute atomic E-state index is 0.282. The molecule has 0 aromatic heterocycles. The second kappa shape index (κ2) is 2.75. The van der Waals surface area contributed by atoms with Crippen LogP contribution in [0.5, 0.6) is 0 Å². The van der Waals surface area contributed by atoms with Crippen molar-refractivity contribution < 1.29 is 4.74 Å². The largest absolute Gasteiger partial charge is 0.371 e. The van der Waals surface area contributed by atoms with Crippen molar-refractivity contribution in [3.05, 3.63) is 12.7 Å². The first kappa shape index (κ1) is 7.80. The van der Waals surface area contributed by atoms with Crippen LogP contribution in [-0.2, 0) is 4.74 Å². The molecule has 4 unspecified atom stereocenters. The summed E-state index contributed by atoms with van der Waals surface area (Å²) in [5, 5.41) is 0. The minimum Gasteiger partial charge on any atom is -0.371 e. The molecular weight excluding hydrogens is 124 g/mol. The lowest BCUT2D eigenvalue weighted by atomic mass is 9.91. The summed E-state index contributed by atoms with van der Waals surface area (Å²) < 4.78 is 5.62. The van der Waals surface area contributed by atoms with Gasteiger partial charge in [-0.2, -0.15) is 0 Å². The first-order valence-corrected chi connectivity index (χ1v) is 3.95. The van der Waals surface area contributed by atoms with Gasteiger partial charge in [0.2, 0.25) is 0 Å². The van der Waals surface area contributed by atoms with Crippen LogP contribution >= 0.6 is 0 Å². The predicted molar refractivity (Wildman–Crippen MR) is 42.9 cm³/mol. The quantitative estimate of drug-likeness (QED) is 0.507. The van der Waals surface area contributed by atoms with E-state index in [1.54, 1.807) is 0 Å². The summed E-state index contributed by atoms with van der Waals surface area (Å²) in [6.45, 7) is 10.3. The van der Waals surface area contributed by atoms with Crippen LogP contribution in [0.3, 0.4) is 0 Å². The van der Waals surface area contributed by atoms with E-state index in [0.29, 0.717) is 17.9 Å². The van der Waals surface area contributed by atoms with Gasteiger partial charge in [-0.05, 0) is 18.8 Å². The third kappa shape index (κ3) is 1.10. The fraction of sp³-hybridized carbons (Fsp3) is 0.778. The highest BCUT2D eigenvalue weighted by Gasteiger charge is 2.34. The Morgan fingerprint density at radius 2 is 1.80 bits per heavy atom. The molecule has 1 rings (SSSR count). The molecule has 1 nitrogen and oxygen atoms in total. The smallest absolute Gasteiger partial charge is 0.0785 e. The van der Waals surface area contributed by atoms with Crippen molar-refractivity contribution in [3.8, 4) is 0 Å². The Labute approximate surface area is 63.1 Å². The maximum atomic E-state index is 5.62. The maximum absolute atomic E-state index is 5.62. The Kier molecular flexibility index (Phi) is 2.14. The fourth-order valence-electron chi connectivity index (χ4n) is 1.49. The normalized spacial score (nSPS) is 47.5. The van der Waals surface area contributed by atoms with Crippen molar-refractivity contribution in [2.75, 3.05) is 0 Å². The topological polar surface area (TPSA) is 9.23 Å². The molecule has 0 bridgehead atoms. The number of rotatable bonds is 1. The zero-order valence-electron chi connectivity index (χ0n) is 7.00. The molecule has 10 heavy (non-hydrogen) atoms. The Balaban J connectivity index is 2.61. The summed E-state index contributed by atoms with van der Waals surface area (Å²) in [5.41, 5.74) is 0. The molecule has 1 heteroatoms. The molecule has 1 aliphatic rings. The van der Waals surface area contributed by atoms with Crippen LogP contribution in [0.2, 0.25) is 0 Å². The molecule has 4 atom stereocenters. The third-order valence-corrected chi connectivity index (χ3v) is 2.69. The summed E-state index contributed by atoms with van der Waals surface area (Å²) in [6, 6.07) is 0. The van der Waals surface area contributed by atoms with Gasteiger partial charge < -0.3 is 4.74 Å². The lowest BCUT2D eigenvalue weighted by Gasteiger charge is -2.11. The van der Waals surface area contributed by atoms with Crippen molar-refractivity contribution >= 4 is 0 Å². The molecule has 1 fully saturated rings. The van der Waals surface area contributed by atoms with Gasteiger partial charge in [0, 0.05) is 0 Å². The highest BCUT2D eigenvalue weighted by atomic mass is 16.5. The van der Waals surface area contributed by atoms with Gasteiger partial charge in [-0.25, -0.2) is 0 Å². The van der Waals surface area contributed by atoms with E-state index >= 15 is 0 Å². The Morgan fingerprint density at radius 1 is 1.20 bits per heavy atom. The lowest BCUT2D eigenvalue weighted by Crippen LogP contribution is -2.13. The predicted octanol–water partition coefficient (Wildman–Crippen LogP) is 2.23. The zero-order valence-corrected chi connectivity index (χ0v) is 7.00. The Morgan fingerprint density at radius 3 is 2.00 bits per heavy atom. The van der Waals surface area contributed by atoms with Crippen molar-refractivity contribution in [1.29, 1.82) is 0 Å². The van der Waals surface area contributed by atoms with Gasteiger partial charge in [0.15, 0.2) is 0 Å². The molecule has 0 aliphatic carbocycles. The van der Waals surface area contributed by atoms with E-state index in [-0.39, 0.29) is 6.10 Å². The zero-order chi connectivity index (χ0) is 7.72. The molecule has 1 saturated heterocycles. The van der Waals surface area contributed by atoms with Crippen LogP contribution in [0.1, 0.15) is 20.8 Å². The molecule has 0 N–H and O–H groups in total. The van der Waals surface area contributed by atoms with Gasteiger partial charge in [-0.15, -0.1) is 6.58 Å². The first-order valence-electron chi connectivity index (χ1n) is 3.95. The summed E-state index contributed by atoms with van der Waals surface area (Å²) >= 11 is 0. The van der Waals surface area contributed by atoms with Crippen molar-refractivity contribution in [2.24, 2.45) is 11.8 Å². The average molecular weight is 140 g/mol. The van der Waals surface area contributed by atoms with Gasteiger partial charge in [-0.1, -0.05) is 19.9 Å². The molecule has 0 aromatic rings.